The van der Waals surface area contributed by atoms with Gasteiger partial charge >= 0.3 is 0 Å². The molecule has 3 rings (SSSR count). The number of pyridine rings is 1. The molecular formula is C17H21N3O. The lowest BCUT2D eigenvalue weighted by molar-refractivity contribution is 0.184. The highest BCUT2D eigenvalue weighted by Gasteiger charge is 2.19. The van der Waals surface area contributed by atoms with Crippen molar-refractivity contribution < 1.29 is 4.74 Å². The third-order valence-electron chi connectivity index (χ3n) is 3.94. The van der Waals surface area contributed by atoms with Crippen molar-refractivity contribution in [3.8, 4) is 0 Å². The summed E-state index contributed by atoms with van der Waals surface area (Å²) in [4.78, 5) is 6.86. The predicted octanol–water partition coefficient (Wildman–Crippen LogP) is 2.37. The van der Waals surface area contributed by atoms with Gasteiger partial charge in [0.1, 0.15) is 0 Å². The summed E-state index contributed by atoms with van der Waals surface area (Å²) >= 11 is 0. The average molecular weight is 283 g/mol. The van der Waals surface area contributed by atoms with Gasteiger partial charge in [-0.3, -0.25) is 9.88 Å². The molecular weight excluding hydrogens is 262 g/mol. The molecule has 4 heteroatoms. The normalized spacial score (nSPS) is 14.9. The molecule has 0 aliphatic carbocycles. The molecule has 1 aliphatic rings. The van der Waals surface area contributed by atoms with Gasteiger partial charge in [-0.15, -0.1) is 0 Å². The van der Waals surface area contributed by atoms with E-state index in [-0.39, 0.29) is 0 Å². The van der Waals surface area contributed by atoms with E-state index in [1.807, 2.05) is 6.07 Å². The zero-order valence-electron chi connectivity index (χ0n) is 12.4. The van der Waals surface area contributed by atoms with Crippen molar-refractivity contribution in [3.05, 3.63) is 58.9 Å². The van der Waals surface area contributed by atoms with Crippen LogP contribution < -0.4 is 5.73 Å². The van der Waals surface area contributed by atoms with Crippen molar-refractivity contribution in [2.24, 2.45) is 0 Å². The Morgan fingerprint density at radius 3 is 3.00 bits per heavy atom. The van der Waals surface area contributed by atoms with Gasteiger partial charge in [0.25, 0.3) is 0 Å². The molecule has 21 heavy (non-hydrogen) atoms. The topological polar surface area (TPSA) is 51.4 Å². The first-order valence-electron chi connectivity index (χ1n) is 7.27. The number of ether oxygens (including phenoxy) is 1. The highest BCUT2D eigenvalue weighted by Crippen LogP contribution is 2.23. The zero-order chi connectivity index (χ0) is 14.7. The molecule has 0 saturated heterocycles. The second kappa shape index (κ2) is 6.24. The minimum atomic E-state index is 0.660. The molecule has 2 heterocycles. The molecule has 0 saturated carbocycles. The number of rotatable bonds is 4. The Labute approximate surface area is 125 Å². The molecule has 110 valence electrons. The number of fused-ring (bicyclic) bond motifs is 1. The summed E-state index contributed by atoms with van der Waals surface area (Å²) < 4.78 is 5.20. The number of nitrogen functional groups attached to an aromatic ring is 1. The fraction of sp³-hybridized carbons (Fsp3) is 0.353. The van der Waals surface area contributed by atoms with Crippen LogP contribution in [0, 0.1) is 0 Å². The molecule has 0 spiro atoms. The molecule has 0 amide bonds. The summed E-state index contributed by atoms with van der Waals surface area (Å²) in [5.74, 6) is 0. The Hall–Kier alpha value is -1.91. The van der Waals surface area contributed by atoms with Crippen LogP contribution in [-0.2, 0) is 30.9 Å². The summed E-state index contributed by atoms with van der Waals surface area (Å²) in [5.41, 5.74) is 11.8. The zero-order valence-corrected chi connectivity index (χ0v) is 12.4. The van der Waals surface area contributed by atoms with Crippen molar-refractivity contribution in [2.75, 3.05) is 19.4 Å². The van der Waals surface area contributed by atoms with Crippen LogP contribution in [-0.4, -0.2) is 23.5 Å². The van der Waals surface area contributed by atoms with Gasteiger partial charge in [0.2, 0.25) is 0 Å². The maximum Gasteiger partial charge on any atom is 0.0713 e. The molecule has 2 N–H and O–H groups in total. The Morgan fingerprint density at radius 1 is 1.29 bits per heavy atom. The number of anilines is 1. The third kappa shape index (κ3) is 3.23. The minimum absolute atomic E-state index is 0.660. The summed E-state index contributed by atoms with van der Waals surface area (Å²) in [6, 6.07) is 10.5. The van der Waals surface area contributed by atoms with Crippen LogP contribution in [0.15, 0.2) is 36.5 Å². The molecule has 0 bridgehead atoms. The standard InChI is InChI=1S/C17H21N3O/c1-21-12-14-4-2-3-13(9-14)10-20-8-6-17-15(11-20)16(18)5-7-19-17/h2-5,7,9H,6,8,10-12H2,1H3,(H2,18,19). The molecule has 1 aromatic carbocycles. The highest BCUT2D eigenvalue weighted by atomic mass is 16.5. The first kappa shape index (κ1) is 14.0. The minimum Gasteiger partial charge on any atom is -0.398 e. The molecule has 1 aliphatic heterocycles. The van der Waals surface area contributed by atoms with E-state index in [1.165, 1.54) is 16.7 Å². The first-order chi connectivity index (χ1) is 10.3. The van der Waals surface area contributed by atoms with Crippen LogP contribution in [0.1, 0.15) is 22.4 Å². The maximum atomic E-state index is 6.08. The smallest absolute Gasteiger partial charge is 0.0713 e. The maximum absolute atomic E-state index is 6.08. The van der Waals surface area contributed by atoms with E-state index in [0.29, 0.717) is 6.61 Å². The lowest BCUT2D eigenvalue weighted by Crippen LogP contribution is -2.31. The molecule has 0 unspecified atom stereocenters. The molecule has 4 nitrogen and oxygen atoms in total. The van der Waals surface area contributed by atoms with E-state index in [0.717, 1.165) is 37.4 Å². The van der Waals surface area contributed by atoms with Crippen molar-refractivity contribution in [3.63, 3.8) is 0 Å². The number of hydrogen-bond acceptors (Lipinski definition) is 4. The SMILES string of the molecule is COCc1cccc(CN2CCc3nccc(N)c3C2)c1. The quantitative estimate of drug-likeness (QED) is 0.936. The summed E-state index contributed by atoms with van der Waals surface area (Å²) in [5, 5.41) is 0. The number of nitrogens with zero attached hydrogens (tertiary/aromatic N) is 2. The van der Waals surface area contributed by atoms with E-state index in [4.69, 9.17) is 10.5 Å². The molecule has 0 atom stereocenters. The van der Waals surface area contributed by atoms with Crippen LogP contribution in [0.3, 0.4) is 0 Å². The fourth-order valence-electron chi connectivity index (χ4n) is 2.89. The Bertz CT molecular complexity index is 627. The lowest BCUT2D eigenvalue weighted by atomic mass is 10.0. The molecule has 0 radical (unpaired) electrons. The van der Waals surface area contributed by atoms with Crippen molar-refractivity contribution in [1.82, 2.24) is 9.88 Å². The fourth-order valence-corrected chi connectivity index (χ4v) is 2.89. The lowest BCUT2D eigenvalue weighted by Gasteiger charge is -2.29. The monoisotopic (exact) mass is 283 g/mol. The molecule has 1 aromatic heterocycles. The van der Waals surface area contributed by atoms with Gasteiger partial charge in [-0.1, -0.05) is 24.3 Å². The van der Waals surface area contributed by atoms with Gasteiger partial charge in [-0.25, -0.2) is 0 Å². The van der Waals surface area contributed by atoms with Gasteiger partial charge in [0.15, 0.2) is 0 Å². The number of nitrogens with two attached hydrogens (primary N) is 1. The van der Waals surface area contributed by atoms with Crippen LogP contribution in [0.4, 0.5) is 5.69 Å². The van der Waals surface area contributed by atoms with Crippen LogP contribution >= 0.6 is 0 Å². The van der Waals surface area contributed by atoms with Gasteiger partial charge in [-0.2, -0.15) is 0 Å². The number of hydrogen-bond donors (Lipinski definition) is 1. The van der Waals surface area contributed by atoms with Crippen LogP contribution in [0.2, 0.25) is 0 Å². The predicted molar refractivity (Wildman–Crippen MR) is 83.6 cm³/mol. The third-order valence-corrected chi connectivity index (χ3v) is 3.94. The average Bonchev–Trinajstić information content (AvgIpc) is 2.49. The Kier molecular flexibility index (Phi) is 4.18. The van der Waals surface area contributed by atoms with Crippen LogP contribution in [0.25, 0.3) is 0 Å². The highest BCUT2D eigenvalue weighted by molar-refractivity contribution is 5.48. The number of benzene rings is 1. The second-order valence-electron chi connectivity index (χ2n) is 5.54. The van der Waals surface area contributed by atoms with E-state index >= 15 is 0 Å². The van der Waals surface area contributed by atoms with E-state index < -0.39 is 0 Å². The van der Waals surface area contributed by atoms with E-state index in [9.17, 15) is 0 Å². The van der Waals surface area contributed by atoms with Gasteiger partial charge in [0.05, 0.1) is 6.61 Å². The van der Waals surface area contributed by atoms with Crippen molar-refractivity contribution >= 4 is 5.69 Å². The number of aromatic nitrogens is 1. The van der Waals surface area contributed by atoms with Crippen molar-refractivity contribution in [1.29, 1.82) is 0 Å². The van der Waals surface area contributed by atoms with E-state index in [1.54, 1.807) is 13.3 Å². The van der Waals surface area contributed by atoms with Gasteiger partial charge < -0.3 is 10.5 Å². The van der Waals surface area contributed by atoms with Crippen LogP contribution in [0.5, 0.6) is 0 Å². The first-order valence-corrected chi connectivity index (χ1v) is 7.27. The van der Waals surface area contributed by atoms with Gasteiger partial charge in [-0.05, 0) is 17.2 Å². The molecule has 2 aromatic rings. The molecule has 0 fully saturated rings. The number of methoxy groups -OCH3 is 1. The second-order valence-corrected chi connectivity index (χ2v) is 5.54. The van der Waals surface area contributed by atoms with E-state index in [2.05, 4.69) is 34.1 Å². The summed E-state index contributed by atoms with van der Waals surface area (Å²) in [6.07, 6.45) is 2.77. The van der Waals surface area contributed by atoms with Crippen molar-refractivity contribution in [2.45, 2.75) is 26.1 Å². The largest absolute Gasteiger partial charge is 0.398 e. The summed E-state index contributed by atoms with van der Waals surface area (Å²) in [7, 11) is 1.73. The Morgan fingerprint density at radius 2 is 2.14 bits per heavy atom. The van der Waals surface area contributed by atoms with Gasteiger partial charge in [0, 0.05) is 56.3 Å². The summed E-state index contributed by atoms with van der Waals surface area (Å²) in [6.45, 7) is 3.50. The Balaban J connectivity index is 1.72.